The highest BCUT2D eigenvalue weighted by Gasteiger charge is 2.10. The first-order valence-corrected chi connectivity index (χ1v) is 8.66. The van der Waals surface area contributed by atoms with Crippen LogP contribution in [-0.4, -0.2) is 28.2 Å². The van der Waals surface area contributed by atoms with Crippen LogP contribution in [0.1, 0.15) is 11.1 Å². The van der Waals surface area contributed by atoms with E-state index in [-0.39, 0.29) is 18.6 Å². The first-order valence-electron chi connectivity index (χ1n) is 8.66. The van der Waals surface area contributed by atoms with E-state index in [4.69, 9.17) is 4.74 Å². The van der Waals surface area contributed by atoms with Crippen molar-refractivity contribution in [3.05, 3.63) is 70.0 Å². The number of nitrogens with one attached hydrogen (secondary N) is 2. The number of hydrogen-bond donors (Lipinski definition) is 2. The van der Waals surface area contributed by atoms with Gasteiger partial charge in [-0.3, -0.25) is 29.9 Å². The van der Waals surface area contributed by atoms with Gasteiger partial charge < -0.3 is 4.74 Å². The fourth-order valence-corrected chi connectivity index (χ4v) is 2.64. The zero-order valence-electron chi connectivity index (χ0n) is 15.6. The third-order valence-corrected chi connectivity index (χ3v) is 4.10. The summed E-state index contributed by atoms with van der Waals surface area (Å²) in [7, 11) is 0. The van der Waals surface area contributed by atoms with Gasteiger partial charge in [-0.1, -0.05) is 24.3 Å². The summed E-state index contributed by atoms with van der Waals surface area (Å²) < 4.78 is 6.88. The molecule has 0 aliphatic carbocycles. The average molecular weight is 380 g/mol. The van der Waals surface area contributed by atoms with Crippen molar-refractivity contribution < 1.29 is 14.3 Å². The summed E-state index contributed by atoms with van der Waals surface area (Å²) in [5, 5.41) is 4.44. The summed E-state index contributed by atoms with van der Waals surface area (Å²) in [5.74, 6) is -0.362. The lowest BCUT2D eigenvalue weighted by molar-refractivity contribution is -0.130. The Labute approximate surface area is 161 Å². The minimum absolute atomic E-state index is 0.154. The lowest BCUT2D eigenvalue weighted by Gasteiger charge is -2.12. The molecule has 2 aromatic carbocycles. The Morgan fingerprint density at radius 1 is 1.07 bits per heavy atom. The second-order valence-corrected chi connectivity index (χ2v) is 6.34. The van der Waals surface area contributed by atoms with E-state index in [1.807, 2.05) is 32.0 Å². The summed E-state index contributed by atoms with van der Waals surface area (Å²) >= 11 is 0. The number of carbonyl (C=O) groups is 2. The van der Waals surface area contributed by atoms with E-state index >= 15 is 0 Å². The van der Waals surface area contributed by atoms with Crippen molar-refractivity contribution in [2.24, 2.45) is 0 Å². The molecule has 3 rings (SSSR count). The smallest absolute Gasteiger partial charge is 0.276 e. The molecular formula is C20H20N4O4. The van der Waals surface area contributed by atoms with Gasteiger partial charge in [0, 0.05) is 5.39 Å². The normalized spacial score (nSPS) is 10.5. The van der Waals surface area contributed by atoms with Gasteiger partial charge in [-0.25, -0.2) is 0 Å². The standard InChI is InChI=1S/C20H20N4O4/c1-13-7-8-14(2)18(9-13)28-12-20(27)23-22-19(26)11-24-16-6-4-3-5-15(16)17(25)10-21-24/h3-10H,11-12H2,1-2H3,(H,22,26)(H,23,27). The second kappa shape index (κ2) is 8.34. The molecule has 3 aromatic rings. The first-order chi connectivity index (χ1) is 13.4. The van der Waals surface area contributed by atoms with Gasteiger partial charge in [-0.05, 0) is 43.2 Å². The van der Waals surface area contributed by atoms with Crippen molar-refractivity contribution in [2.75, 3.05) is 6.61 Å². The number of amides is 2. The number of nitrogens with zero attached hydrogens (tertiary/aromatic N) is 2. The summed E-state index contributed by atoms with van der Waals surface area (Å²) in [6.45, 7) is 3.43. The molecule has 0 spiro atoms. The van der Waals surface area contributed by atoms with Crippen molar-refractivity contribution in [1.82, 2.24) is 20.6 Å². The van der Waals surface area contributed by atoms with E-state index in [1.54, 1.807) is 24.3 Å². The molecule has 2 amide bonds. The lowest BCUT2D eigenvalue weighted by atomic mass is 10.1. The number of benzene rings is 2. The molecule has 28 heavy (non-hydrogen) atoms. The van der Waals surface area contributed by atoms with E-state index in [9.17, 15) is 14.4 Å². The number of carbonyl (C=O) groups excluding carboxylic acids is 2. The number of hydrogen-bond acceptors (Lipinski definition) is 5. The Balaban J connectivity index is 1.55. The van der Waals surface area contributed by atoms with Crippen LogP contribution >= 0.6 is 0 Å². The highest BCUT2D eigenvalue weighted by Crippen LogP contribution is 2.18. The quantitative estimate of drug-likeness (QED) is 0.649. The van der Waals surface area contributed by atoms with Gasteiger partial charge in [0.15, 0.2) is 6.61 Å². The molecule has 0 saturated carbocycles. The number of para-hydroxylation sites is 1. The third kappa shape index (κ3) is 4.53. The first kappa shape index (κ1) is 19.1. The van der Waals surface area contributed by atoms with Crippen molar-refractivity contribution in [2.45, 2.75) is 20.4 Å². The molecule has 2 N–H and O–H groups in total. The number of aromatic nitrogens is 2. The van der Waals surface area contributed by atoms with Gasteiger partial charge in [-0.15, -0.1) is 0 Å². The van der Waals surface area contributed by atoms with Crippen molar-refractivity contribution in [1.29, 1.82) is 0 Å². The Kier molecular flexibility index (Phi) is 5.69. The van der Waals surface area contributed by atoms with Gasteiger partial charge >= 0.3 is 0 Å². The highest BCUT2D eigenvalue weighted by molar-refractivity contribution is 5.84. The van der Waals surface area contributed by atoms with Crippen LogP contribution in [0.3, 0.4) is 0 Å². The van der Waals surface area contributed by atoms with E-state index < -0.39 is 11.8 Å². The SMILES string of the molecule is Cc1ccc(C)c(OCC(=O)NNC(=O)Cn2ncc(=O)c3ccccc32)c1. The maximum atomic E-state index is 12.1. The average Bonchev–Trinajstić information content (AvgIpc) is 2.69. The largest absolute Gasteiger partial charge is 0.483 e. The van der Waals surface area contributed by atoms with Crippen molar-refractivity contribution >= 4 is 22.7 Å². The minimum Gasteiger partial charge on any atom is -0.483 e. The molecule has 144 valence electrons. The fraction of sp³-hybridized carbons (Fsp3) is 0.200. The van der Waals surface area contributed by atoms with Crippen LogP contribution in [0.2, 0.25) is 0 Å². The molecular weight excluding hydrogens is 360 g/mol. The zero-order chi connectivity index (χ0) is 20.1. The molecule has 0 unspecified atom stereocenters. The monoisotopic (exact) mass is 380 g/mol. The van der Waals surface area contributed by atoms with Gasteiger partial charge in [0.1, 0.15) is 12.3 Å². The molecule has 1 aromatic heterocycles. The number of ether oxygens (including phenoxy) is 1. The maximum absolute atomic E-state index is 12.1. The lowest BCUT2D eigenvalue weighted by Crippen LogP contribution is -2.45. The Hall–Kier alpha value is -3.68. The fourth-order valence-electron chi connectivity index (χ4n) is 2.64. The molecule has 8 nitrogen and oxygen atoms in total. The molecule has 0 fully saturated rings. The van der Waals surface area contributed by atoms with Crippen LogP contribution in [0.25, 0.3) is 10.9 Å². The van der Waals surface area contributed by atoms with Crippen LogP contribution in [0.15, 0.2) is 53.5 Å². The molecule has 0 aliphatic heterocycles. The van der Waals surface area contributed by atoms with Gasteiger partial charge in [0.2, 0.25) is 5.43 Å². The Morgan fingerprint density at radius 2 is 1.82 bits per heavy atom. The van der Waals surface area contributed by atoms with Crippen LogP contribution in [-0.2, 0) is 16.1 Å². The van der Waals surface area contributed by atoms with Crippen LogP contribution in [0.5, 0.6) is 5.75 Å². The number of hydrazine groups is 1. The number of aryl methyl sites for hydroxylation is 2. The predicted octanol–water partition coefficient (Wildman–Crippen LogP) is 1.24. The summed E-state index contributed by atoms with van der Waals surface area (Å²) in [4.78, 5) is 35.8. The molecule has 0 radical (unpaired) electrons. The maximum Gasteiger partial charge on any atom is 0.276 e. The second-order valence-electron chi connectivity index (χ2n) is 6.34. The third-order valence-electron chi connectivity index (χ3n) is 4.10. The van der Waals surface area contributed by atoms with E-state index in [0.29, 0.717) is 16.7 Å². The predicted molar refractivity (Wildman–Crippen MR) is 104 cm³/mol. The Morgan fingerprint density at radius 3 is 2.64 bits per heavy atom. The summed E-state index contributed by atoms with van der Waals surface area (Å²) in [6, 6.07) is 12.6. The molecule has 8 heteroatoms. The number of rotatable bonds is 5. The van der Waals surface area contributed by atoms with Gasteiger partial charge in [-0.2, -0.15) is 5.10 Å². The van der Waals surface area contributed by atoms with Crippen LogP contribution in [0.4, 0.5) is 0 Å². The van der Waals surface area contributed by atoms with Crippen LogP contribution in [0, 0.1) is 13.8 Å². The van der Waals surface area contributed by atoms with Gasteiger partial charge in [0.05, 0.1) is 11.7 Å². The molecule has 0 atom stereocenters. The molecule has 0 saturated heterocycles. The van der Waals surface area contributed by atoms with E-state index in [2.05, 4.69) is 16.0 Å². The van der Waals surface area contributed by atoms with Gasteiger partial charge in [0.25, 0.3) is 11.8 Å². The minimum atomic E-state index is -0.494. The van der Waals surface area contributed by atoms with E-state index in [1.165, 1.54) is 4.68 Å². The molecule has 0 aliphatic rings. The summed E-state index contributed by atoms with van der Waals surface area (Å²) in [5.41, 5.74) is 6.87. The number of fused-ring (bicyclic) bond motifs is 1. The Bertz CT molecular complexity index is 1090. The zero-order valence-corrected chi connectivity index (χ0v) is 15.6. The van der Waals surface area contributed by atoms with Crippen molar-refractivity contribution in [3.8, 4) is 5.75 Å². The van der Waals surface area contributed by atoms with E-state index in [0.717, 1.165) is 17.3 Å². The van der Waals surface area contributed by atoms with Crippen LogP contribution < -0.4 is 21.0 Å². The van der Waals surface area contributed by atoms with Crippen molar-refractivity contribution in [3.63, 3.8) is 0 Å². The molecule has 0 bridgehead atoms. The topological polar surface area (TPSA) is 102 Å². The summed E-state index contributed by atoms with van der Waals surface area (Å²) in [6.07, 6.45) is 1.16. The highest BCUT2D eigenvalue weighted by atomic mass is 16.5. The molecule has 1 heterocycles.